The van der Waals surface area contributed by atoms with Gasteiger partial charge in [-0.2, -0.15) is 0 Å². The van der Waals surface area contributed by atoms with Gasteiger partial charge in [0, 0.05) is 22.9 Å². The lowest BCUT2D eigenvalue weighted by molar-refractivity contribution is 0.324. The molecule has 136 valence electrons. The van der Waals surface area contributed by atoms with E-state index in [-0.39, 0.29) is 0 Å². The molecule has 2 aromatic carbocycles. The van der Waals surface area contributed by atoms with Crippen LogP contribution in [0.3, 0.4) is 0 Å². The van der Waals surface area contributed by atoms with Crippen molar-refractivity contribution in [1.82, 2.24) is 5.16 Å². The molecular weight excluding hydrogens is 336 g/mol. The maximum Gasteiger partial charge on any atom is 0.203 e. The van der Waals surface area contributed by atoms with Crippen molar-refractivity contribution in [3.63, 3.8) is 0 Å². The summed E-state index contributed by atoms with van der Waals surface area (Å²) >= 11 is 0. The Hall–Kier alpha value is -3.35. The average molecular weight is 356 g/mol. The molecular formula is C19H20N2O5. The Morgan fingerprint density at radius 2 is 1.54 bits per heavy atom. The summed E-state index contributed by atoms with van der Waals surface area (Å²) in [4.78, 5) is 0. The maximum atomic E-state index is 6.17. The van der Waals surface area contributed by atoms with E-state index >= 15 is 0 Å². The Morgan fingerprint density at radius 1 is 0.846 bits per heavy atom. The molecule has 0 saturated carbocycles. The highest BCUT2D eigenvalue weighted by Gasteiger charge is 2.20. The zero-order chi connectivity index (χ0) is 18.7. The van der Waals surface area contributed by atoms with Crippen LogP contribution < -0.4 is 24.7 Å². The fraction of sp³-hybridized carbons (Fsp3) is 0.211. The maximum absolute atomic E-state index is 6.17. The number of rotatable bonds is 6. The SMILES string of the molecule is COc1ccc(-c2conc2-c2cc(OC)c(OC)c(OC)c2)c(N)c1. The van der Waals surface area contributed by atoms with Gasteiger partial charge < -0.3 is 29.2 Å². The van der Waals surface area contributed by atoms with Gasteiger partial charge in [-0.05, 0) is 24.3 Å². The van der Waals surface area contributed by atoms with Gasteiger partial charge in [0.25, 0.3) is 0 Å². The van der Waals surface area contributed by atoms with Crippen molar-refractivity contribution in [3.8, 4) is 45.4 Å². The van der Waals surface area contributed by atoms with Crippen molar-refractivity contribution in [2.75, 3.05) is 34.2 Å². The standard InChI is InChI=1S/C19H20N2O5/c1-22-12-5-6-13(15(20)9-12)14-10-26-21-18(14)11-7-16(23-2)19(25-4)17(8-11)24-3/h5-10H,20H2,1-4H3. The first kappa shape index (κ1) is 17.5. The average Bonchev–Trinajstić information content (AvgIpc) is 3.15. The number of aromatic nitrogens is 1. The second-order valence-corrected chi connectivity index (χ2v) is 5.44. The topological polar surface area (TPSA) is 89.0 Å². The van der Waals surface area contributed by atoms with E-state index in [1.165, 1.54) is 0 Å². The molecule has 0 radical (unpaired) electrons. The van der Waals surface area contributed by atoms with E-state index in [2.05, 4.69) is 5.16 Å². The van der Waals surface area contributed by atoms with Crippen LogP contribution in [0.15, 0.2) is 41.1 Å². The number of methoxy groups -OCH3 is 4. The molecule has 0 aliphatic heterocycles. The Balaban J connectivity index is 2.15. The largest absolute Gasteiger partial charge is 0.497 e. The molecule has 3 rings (SSSR count). The summed E-state index contributed by atoms with van der Waals surface area (Å²) in [6.07, 6.45) is 1.55. The third-order valence-electron chi connectivity index (χ3n) is 4.06. The van der Waals surface area contributed by atoms with Crippen molar-refractivity contribution in [3.05, 3.63) is 36.6 Å². The first-order valence-corrected chi connectivity index (χ1v) is 7.81. The van der Waals surface area contributed by atoms with Gasteiger partial charge in [0.1, 0.15) is 17.7 Å². The molecule has 7 nitrogen and oxygen atoms in total. The molecule has 0 bridgehead atoms. The molecule has 0 saturated heterocycles. The molecule has 0 unspecified atom stereocenters. The minimum Gasteiger partial charge on any atom is -0.497 e. The smallest absolute Gasteiger partial charge is 0.203 e. The van der Waals surface area contributed by atoms with Crippen molar-refractivity contribution >= 4 is 5.69 Å². The molecule has 3 aromatic rings. The molecule has 0 aliphatic carbocycles. The Morgan fingerprint density at radius 3 is 2.08 bits per heavy atom. The third kappa shape index (κ3) is 2.99. The first-order valence-electron chi connectivity index (χ1n) is 7.81. The summed E-state index contributed by atoms with van der Waals surface area (Å²) < 4.78 is 26.6. The van der Waals surface area contributed by atoms with Crippen LogP contribution in [-0.4, -0.2) is 33.6 Å². The summed E-state index contributed by atoms with van der Waals surface area (Å²) in [6.45, 7) is 0. The monoisotopic (exact) mass is 356 g/mol. The predicted octanol–water partition coefficient (Wildman–Crippen LogP) is 3.63. The van der Waals surface area contributed by atoms with Gasteiger partial charge in [0.2, 0.25) is 5.75 Å². The quantitative estimate of drug-likeness (QED) is 0.675. The van der Waals surface area contributed by atoms with Crippen molar-refractivity contribution in [2.45, 2.75) is 0 Å². The zero-order valence-electron chi connectivity index (χ0n) is 15.0. The number of nitrogens with zero attached hydrogens (tertiary/aromatic N) is 1. The molecule has 1 heterocycles. The molecule has 0 fully saturated rings. The normalized spacial score (nSPS) is 10.5. The minimum absolute atomic E-state index is 0.507. The van der Waals surface area contributed by atoms with E-state index in [1.54, 1.807) is 40.8 Å². The number of hydrogen-bond donors (Lipinski definition) is 1. The van der Waals surface area contributed by atoms with Gasteiger partial charge in [-0.1, -0.05) is 5.16 Å². The van der Waals surface area contributed by atoms with Crippen molar-refractivity contribution in [1.29, 1.82) is 0 Å². The van der Waals surface area contributed by atoms with Crippen LogP contribution in [0.5, 0.6) is 23.0 Å². The number of anilines is 1. The lowest BCUT2D eigenvalue weighted by atomic mass is 9.99. The van der Waals surface area contributed by atoms with Gasteiger partial charge in [0.15, 0.2) is 11.5 Å². The molecule has 0 amide bonds. The predicted molar refractivity (Wildman–Crippen MR) is 98.0 cm³/mol. The van der Waals surface area contributed by atoms with Crippen LogP contribution in [-0.2, 0) is 0 Å². The van der Waals surface area contributed by atoms with Crippen LogP contribution in [0.2, 0.25) is 0 Å². The fourth-order valence-corrected chi connectivity index (χ4v) is 2.77. The Bertz CT molecular complexity index is 895. The molecule has 2 N–H and O–H groups in total. The van der Waals surface area contributed by atoms with E-state index in [0.29, 0.717) is 34.4 Å². The number of benzene rings is 2. The van der Waals surface area contributed by atoms with E-state index in [4.69, 9.17) is 29.2 Å². The third-order valence-corrected chi connectivity index (χ3v) is 4.06. The Kier molecular flexibility index (Phi) is 4.88. The van der Waals surface area contributed by atoms with Gasteiger partial charge >= 0.3 is 0 Å². The van der Waals surface area contributed by atoms with E-state index in [1.807, 2.05) is 24.3 Å². The van der Waals surface area contributed by atoms with Crippen molar-refractivity contribution in [2.24, 2.45) is 0 Å². The highest BCUT2D eigenvalue weighted by atomic mass is 16.5. The number of ether oxygens (including phenoxy) is 4. The minimum atomic E-state index is 0.507. The summed E-state index contributed by atoms with van der Waals surface area (Å²) in [5.74, 6) is 2.24. The second-order valence-electron chi connectivity index (χ2n) is 5.44. The van der Waals surface area contributed by atoms with Crippen LogP contribution in [0.1, 0.15) is 0 Å². The van der Waals surface area contributed by atoms with Gasteiger partial charge in [0.05, 0.1) is 34.0 Å². The highest BCUT2D eigenvalue weighted by molar-refractivity contribution is 5.87. The number of nitrogen functional groups attached to an aromatic ring is 1. The molecule has 26 heavy (non-hydrogen) atoms. The van der Waals surface area contributed by atoms with E-state index in [9.17, 15) is 0 Å². The second kappa shape index (κ2) is 7.26. The number of hydrogen-bond acceptors (Lipinski definition) is 7. The number of nitrogens with two attached hydrogens (primary N) is 1. The molecule has 0 aliphatic rings. The first-order chi connectivity index (χ1) is 12.6. The molecule has 0 spiro atoms. The summed E-state index contributed by atoms with van der Waals surface area (Å²) in [6, 6.07) is 9.06. The lowest BCUT2D eigenvalue weighted by Crippen LogP contribution is -1.96. The fourth-order valence-electron chi connectivity index (χ4n) is 2.77. The Labute approximate surface area is 151 Å². The highest BCUT2D eigenvalue weighted by Crippen LogP contribution is 2.43. The zero-order valence-corrected chi connectivity index (χ0v) is 15.0. The van der Waals surface area contributed by atoms with Gasteiger partial charge in [-0.3, -0.25) is 0 Å². The molecule has 1 aromatic heterocycles. The molecule has 7 heteroatoms. The summed E-state index contributed by atoms with van der Waals surface area (Å²) in [5.41, 5.74) is 9.63. The van der Waals surface area contributed by atoms with Crippen LogP contribution in [0, 0.1) is 0 Å². The van der Waals surface area contributed by atoms with Gasteiger partial charge in [-0.15, -0.1) is 0 Å². The van der Waals surface area contributed by atoms with Crippen LogP contribution in [0.25, 0.3) is 22.4 Å². The van der Waals surface area contributed by atoms with Crippen LogP contribution >= 0.6 is 0 Å². The van der Waals surface area contributed by atoms with Gasteiger partial charge in [-0.25, -0.2) is 0 Å². The summed E-state index contributed by atoms with van der Waals surface area (Å²) in [7, 11) is 6.27. The lowest BCUT2D eigenvalue weighted by Gasteiger charge is -2.14. The van der Waals surface area contributed by atoms with Crippen molar-refractivity contribution < 1.29 is 23.5 Å². The summed E-state index contributed by atoms with van der Waals surface area (Å²) in [5, 5.41) is 4.14. The molecule has 0 atom stereocenters. The van der Waals surface area contributed by atoms with Crippen LogP contribution in [0.4, 0.5) is 5.69 Å². The van der Waals surface area contributed by atoms with E-state index in [0.717, 1.165) is 16.7 Å². The van der Waals surface area contributed by atoms with E-state index < -0.39 is 0 Å².